The number of hydrogen-bond acceptors (Lipinski definition) is 2. The van der Waals surface area contributed by atoms with Crippen molar-refractivity contribution in [3.63, 3.8) is 0 Å². The molecule has 0 saturated heterocycles. The Morgan fingerprint density at radius 3 is 2.30 bits per heavy atom. The molecule has 1 amide bonds. The van der Waals surface area contributed by atoms with Gasteiger partial charge in [-0.3, -0.25) is 4.79 Å². The molecule has 122 valence electrons. The molecule has 0 radical (unpaired) electrons. The van der Waals surface area contributed by atoms with E-state index in [1.165, 1.54) is 11.6 Å². The molecule has 0 aliphatic carbocycles. The zero-order valence-corrected chi connectivity index (χ0v) is 14.5. The summed E-state index contributed by atoms with van der Waals surface area (Å²) in [6.07, 6.45) is -0.780. The van der Waals surface area contributed by atoms with E-state index in [-0.39, 0.29) is 12.5 Å². The fourth-order valence-electron chi connectivity index (χ4n) is 2.18. The highest BCUT2D eigenvalue weighted by Gasteiger charge is 2.14. The average Bonchev–Trinajstić information content (AvgIpc) is 2.54. The number of rotatable bonds is 5. The van der Waals surface area contributed by atoms with Crippen LogP contribution < -0.4 is 5.32 Å². The summed E-state index contributed by atoms with van der Waals surface area (Å²) in [5.74, 6) is 0.0706. The van der Waals surface area contributed by atoms with Gasteiger partial charge in [-0.25, -0.2) is 0 Å². The Balaban J connectivity index is 1.99. The van der Waals surface area contributed by atoms with Gasteiger partial charge in [0.15, 0.2) is 0 Å². The Morgan fingerprint density at radius 2 is 1.70 bits per heavy atom. The number of amides is 1. The first-order valence-corrected chi connectivity index (χ1v) is 8.15. The van der Waals surface area contributed by atoms with Gasteiger partial charge < -0.3 is 10.4 Å². The topological polar surface area (TPSA) is 49.3 Å². The van der Waals surface area contributed by atoms with E-state index in [1.54, 1.807) is 12.1 Å². The van der Waals surface area contributed by atoms with Crippen molar-refractivity contribution < 1.29 is 9.90 Å². The first kappa shape index (κ1) is 17.8. The van der Waals surface area contributed by atoms with Gasteiger partial charge in [-0.05, 0) is 35.2 Å². The molecule has 0 aliphatic heterocycles. The van der Waals surface area contributed by atoms with E-state index in [2.05, 4.69) is 19.2 Å². The lowest BCUT2D eigenvalue weighted by Gasteiger charge is -2.14. The molecule has 0 bridgehead atoms. The van der Waals surface area contributed by atoms with Gasteiger partial charge in [0, 0.05) is 11.6 Å². The van der Waals surface area contributed by atoms with Crippen molar-refractivity contribution in [2.75, 3.05) is 6.54 Å². The summed E-state index contributed by atoms with van der Waals surface area (Å²) in [4.78, 5) is 12.1. The van der Waals surface area contributed by atoms with Crippen LogP contribution in [0.1, 0.15) is 47.4 Å². The molecule has 1 unspecified atom stereocenters. The van der Waals surface area contributed by atoms with Crippen LogP contribution in [-0.2, 0) is 0 Å². The van der Waals surface area contributed by atoms with Crippen LogP contribution in [0.3, 0.4) is 0 Å². The number of carbonyl (C=O) groups excluding carboxylic acids is 1. The summed E-state index contributed by atoms with van der Waals surface area (Å²) >= 11 is 11.9. The number of aliphatic hydroxyl groups excluding tert-OH is 1. The number of hydrogen-bond donors (Lipinski definition) is 2. The van der Waals surface area contributed by atoms with Crippen LogP contribution in [0.15, 0.2) is 42.5 Å². The SMILES string of the molecule is CC(C)c1ccc(C(O)CNC(=O)c2cc(Cl)ccc2Cl)cc1. The molecule has 2 aromatic rings. The maximum atomic E-state index is 12.1. The molecule has 23 heavy (non-hydrogen) atoms. The number of benzene rings is 2. The monoisotopic (exact) mass is 351 g/mol. The van der Waals surface area contributed by atoms with E-state index in [1.807, 2.05) is 24.3 Å². The summed E-state index contributed by atoms with van der Waals surface area (Å²) in [5, 5.41) is 13.6. The molecular formula is C18H19Cl2NO2. The lowest BCUT2D eigenvalue weighted by atomic mass is 10.00. The van der Waals surface area contributed by atoms with Crippen LogP contribution >= 0.6 is 23.2 Å². The normalized spacial score (nSPS) is 12.3. The minimum absolute atomic E-state index is 0.0999. The van der Waals surface area contributed by atoms with Crippen LogP contribution in [0.4, 0.5) is 0 Å². The lowest BCUT2D eigenvalue weighted by molar-refractivity contribution is 0.0916. The van der Waals surface area contributed by atoms with Crippen LogP contribution in [0.2, 0.25) is 10.0 Å². The molecule has 0 saturated carbocycles. The quantitative estimate of drug-likeness (QED) is 0.828. The Hall–Kier alpha value is -1.55. The summed E-state index contributed by atoms with van der Waals surface area (Å²) in [5.41, 5.74) is 2.25. The summed E-state index contributed by atoms with van der Waals surface area (Å²) in [6.45, 7) is 4.32. The van der Waals surface area contributed by atoms with Crippen molar-refractivity contribution in [2.45, 2.75) is 25.9 Å². The molecule has 5 heteroatoms. The predicted molar refractivity (Wildman–Crippen MR) is 94.3 cm³/mol. The summed E-state index contributed by atoms with van der Waals surface area (Å²) < 4.78 is 0. The number of nitrogens with one attached hydrogen (secondary N) is 1. The van der Waals surface area contributed by atoms with E-state index in [0.717, 1.165) is 5.56 Å². The molecule has 2 N–H and O–H groups in total. The fraction of sp³-hybridized carbons (Fsp3) is 0.278. The number of carbonyl (C=O) groups is 1. The molecule has 0 fully saturated rings. The minimum atomic E-state index is -0.780. The second kappa shape index (κ2) is 7.82. The van der Waals surface area contributed by atoms with Crippen LogP contribution in [-0.4, -0.2) is 17.6 Å². The van der Waals surface area contributed by atoms with Gasteiger partial charge in [-0.2, -0.15) is 0 Å². The highest BCUT2D eigenvalue weighted by Crippen LogP contribution is 2.21. The Bertz CT molecular complexity index is 684. The zero-order chi connectivity index (χ0) is 17.0. The van der Waals surface area contributed by atoms with E-state index in [4.69, 9.17) is 23.2 Å². The maximum absolute atomic E-state index is 12.1. The van der Waals surface area contributed by atoms with Crippen LogP contribution in [0.25, 0.3) is 0 Å². The molecule has 2 aromatic carbocycles. The summed E-state index contributed by atoms with van der Waals surface area (Å²) in [6, 6.07) is 12.4. The standard InChI is InChI=1S/C18H19Cl2NO2/c1-11(2)12-3-5-13(6-4-12)17(22)10-21-18(23)15-9-14(19)7-8-16(15)20/h3-9,11,17,22H,10H2,1-2H3,(H,21,23). The minimum Gasteiger partial charge on any atom is -0.387 e. The van der Waals surface area contributed by atoms with Gasteiger partial charge in [0.1, 0.15) is 0 Å². The first-order valence-electron chi connectivity index (χ1n) is 7.39. The van der Waals surface area contributed by atoms with Gasteiger partial charge in [0.05, 0.1) is 16.7 Å². The van der Waals surface area contributed by atoms with E-state index < -0.39 is 6.10 Å². The average molecular weight is 352 g/mol. The van der Waals surface area contributed by atoms with Gasteiger partial charge >= 0.3 is 0 Å². The summed E-state index contributed by atoms with van der Waals surface area (Å²) in [7, 11) is 0. The zero-order valence-electron chi connectivity index (χ0n) is 13.0. The van der Waals surface area contributed by atoms with Crippen molar-refractivity contribution in [1.82, 2.24) is 5.32 Å². The molecule has 0 aliphatic rings. The van der Waals surface area contributed by atoms with Crippen molar-refractivity contribution in [2.24, 2.45) is 0 Å². The third-order valence-electron chi connectivity index (χ3n) is 3.62. The maximum Gasteiger partial charge on any atom is 0.252 e. The van der Waals surface area contributed by atoms with Gasteiger partial charge in [-0.1, -0.05) is 61.3 Å². The Labute approximate surface area is 146 Å². The van der Waals surface area contributed by atoms with Crippen molar-refractivity contribution >= 4 is 29.1 Å². The molecule has 3 nitrogen and oxygen atoms in total. The lowest BCUT2D eigenvalue weighted by Crippen LogP contribution is -2.28. The van der Waals surface area contributed by atoms with Crippen LogP contribution in [0.5, 0.6) is 0 Å². The second-order valence-electron chi connectivity index (χ2n) is 5.67. The largest absolute Gasteiger partial charge is 0.387 e. The smallest absolute Gasteiger partial charge is 0.252 e. The Kier molecular flexibility index (Phi) is 6.05. The van der Waals surface area contributed by atoms with E-state index >= 15 is 0 Å². The third kappa shape index (κ3) is 4.71. The molecule has 0 aromatic heterocycles. The molecule has 0 heterocycles. The molecular weight excluding hydrogens is 333 g/mol. The van der Waals surface area contributed by atoms with E-state index in [9.17, 15) is 9.90 Å². The van der Waals surface area contributed by atoms with Gasteiger partial charge in [-0.15, -0.1) is 0 Å². The van der Waals surface area contributed by atoms with Crippen molar-refractivity contribution in [3.8, 4) is 0 Å². The highest BCUT2D eigenvalue weighted by molar-refractivity contribution is 6.35. The van der Waals surface area contributed by atoms with Crippen LogP contribution in [0, 0.1) is 0 Å². The van der Waals surface area contributed by atoms with Gasteiger partial charge in [0.25, 0.3) is 5.91 Å². The number of halogens is 2. The van der Waals surface area contributed by atoms with Crippen molar-refractivity contribution in [3.05, 3.63) is 69.2 Å². The Morgan fingerprint density at radius 1 is 1.09 bits per heavy atom. The second-order valence-corrected chi connectivity index (χ2v) is 6.51. The first-order chi connectivity index (χ1) is 10.9. The predicted octanol–water partition coefficient (Wildman–Crippen LogP) is 4.58. The number of aliphatic hydroxyl groups is 1. The third-order valence-corrected chi connectivity index (χ3v) is 4.18. The highest BCUT2D eigenvalue weighted by atomic mass is 35.5. The molecule has 1 atom stereocenters. The fourth-order valence-corrected chi connectivity index (χ4v) is 2.55. The molecule has 0 spiro atoms. The van der Waals surface area contributed by atoms with Crippen molar-refractivity contribution in [1.29, 1.82) is 0 Å². The molecule has 2 rings (SSSR count). The van der Waals surface area contributed by atoms with Gasteiger partial charge in [0.2, 0.25) is 0 Å². The van der Waals surface area contributed by atoms with E-state index in [0.29, 0.717) is 21.5 Å².